The lowest BCUT2D eigenvalue weighted by Gasteiger charge is -2.34. The van der Waals surface area contributed by atoms with Crippen molar-refractivity contribution in [2.24, 2.45) is 0 Å². The molecule has 1 saturated heterocycles. The van der Waals surface area contributed by atoms with Gasteiger partial charge in [-0.2, -0.15) is 0 Å². The number of nitrogens with one attached hydrogen (secondary N) is 1. The Labute approximate surface area is 151 Å². The van der Waals surface area contributed by atoms with E-state index in [0.29, 0.717) is 17.9 Å². The van der Waals surface area contributed by atoms with Crippen LogP contribution in [0, 0.1) is 0 Å². The van der Waals surface area contributed by atoms with E-state index in [1.165, 1.54) is 0 Å². The highest BCUT2D eigenvalue weighted by Crippen LogP contribution is 2.34. The number of hydrogen-bond donors (Lipinski definition) is 1. The number of ether oxygens (including phenoxy) is 1. The lowest BCUT2D eigenvalue weighted by Crippen LogP contribution is -2.41. The molecule has 0 radical (unpaired) electrons. The third-order valence-electron chi connectivity index (χ3n) is 4.65. The molecule has 1 N–H and O–H groups in total. The van der Waals surface area contributed by atoms with Crippen LogP contribution < -0.4 is 15.0 Å². The summed E-state index contributed by atoms with van der Waals surface area (Å²) in [7, 11) is 1.86. The van der Waals surface area contributed by atoms with Gasteiger partial charge in [0.1, 0.15) is 11.9 Å². The number of benzene rings is 1. The van der Waals surface area contributed by atoms with Crippen LogP contribution in [0.25, 0.3) is 0 Å². The minimum atomic E-state index is -2.57. The predicted molar refractivity (Wildman–Crippen MR) is 92.9 cm³/mol. The van der Waals surface area contributed by atoms with Crippen molar-refractivity contribution < 1.29 is 23.1 Å². The van der Waals surface area contributed by atoms with Crippen LogP contribution in [-0.4, -0.2) is 62.5 Å². The van der Waals surface area contributed by atoms with E-state index >= 15 is 0 Å². The number of halogens is 2. The molecule has 1 fully saturated rings. The molecule has 0 saturated carbocycles. The fourth-order valence-electron chi connectivity index (χ4n) is 3.35. The van der Waals surface area contributed by atoms with Gasteiger partial charge in [-0.05, 0) is 31.0 Å². The van der Waals surface area contributed by atoms with Crippen LogP contribution in [0.3, 0.4) is 0 Å². The van der Waals surface area contributed by atoms with Crippen LogP contribution in [0.1, 0.15) is 29.6 Å². The van der Waals surface area contributed by atoms with Crippen molar-refractivity contribution >= 4 is 17.5 Å². The maximum Gasteiger partial charge on any atom is 0.255 e. The second kappa shape index (κ2) is 7.88. The van der Waals surface area contributed by atoms with Gasteiger partial charge in [0.05, 0.1) is 25.2 Å². The van der Waals surface area contributed by atoms with Crippen LogP contribution in [0.5, 0.6) is 5.75 Å². The summed E-state index contributed by atoms with van der Waals surface area (Å²) in [6.07, 6.45) is -0.916. The lowest BCUT2D eigenvalue weighted by atomic mass is 10.1. The molecule has 3 rings (SSSR count). The Morgan fingerprint density at radius 3 is 2.73 bits per heavy atom. The normalized spacial score (nSPS) is 19.3. The van der Waals surface area contributed by atoms with Gasteiger partial charge in [0.2, 0.25) is 5.91 Å². The molecule has 142 valence electrons. The van der Waals surface area contributed by atoms with Gasteiger partial charge < -0.3 is 19.9 Å². The van der Waals surface area contributed by atoms with Gasteiger partial charge in [-0.1, -0.05) is 0 Å². The summed E-state index contributed by atoms with van der Waals surface area (Å²) in [6, 6.07) is 5.27. The summed E-state index contributed by atoms with van der Waals surface area (Å²) in [5.74, 6) is 0.142. The zero-order chi connectivity index (χ0) is 18.7. The molecule has 0 aliphatic carbocycles. The van der Waals surface area contributed by atoms with Gasteiger partial charge in [-0.25, -0.2) is 8.78 Å². The predicted octanol–water partition coefficient (Wildman–Crippen LogP) is 1.89. The number of carbonyl (C=O) groups is 2. The monoisotopic (exact) mass is 367 g/mol. The van der Waals surface area contributed by atoms with Gasteiger partial charge in [0, 0.05) is 25.7 Å². The number of amides is 2. The van der Waals surface area contributed by atoms with Crippen molar-refractivity contribution in [3.8, 4) is 5.75 Å². The fraction of sp³-hybridized carbons (Fsp3) is 0.556. The molecule has 2 amide bonds. The molecule has 2 aliphatic heterocycles. The molecule has 8 heteroatoms. The third-order valence-corrected chi connectivity index (χ3v) is 4.65. The number of likely N-dealkylation sites (N-methyl/N-ethyl adjacent to an activating group) is 1. The first-order valence-electron chi connectivity index (χ1n) is 8.80. The first-order valence-corrected chi connectivity index (χ1v) is 8.80. The largest absolute Gasteiger partial charge is 0.486 e. The third kappa shape index (κ3) is 4.23. The molecule has 2 aliphatic rings. The molecule has 0 spiro atoms. The van der Waals surface area contributed by atoms with E-state index in [9.17, 15) is 18.4 Å². The second-order valence-electron chi connectivity index (χ2n) is 6.70. The quantitative estimate of drug-likeness (QED) is 0.863. The second-order valence-corrected chi connectivity index (χ2v) is 6.70. The summed E-state index contributed by atoms with van der Waals surface area (Å²) in [6.45, 7) is 1.37. The Kier molecular flexibility index (Phi) is 5.58. The van der Waals surface area contributed by atoms with Crippen molar-refractivity contribution in [1.29, 1.82) is 0 Å². The number of carbonyl (C=O) groups excluding carboxylic acids is 2. The number of likely N-dealkylation sites (tertiary alicyclic amines) is 1. The summed E-state index contributed by atoms with van der Waals surface area (Å²) < 4.78 is 30.2. The van der Waals surface area contributed by atoms with Gasteiger partial charge >= 0.3 is 0 Å². The molecule has 2 heterocycles. The summed E-state index contributed by atoms with van der Waals surface area (Å²) in [5.41, 5.74) is 1.41. The van der Waals surface area contributed by atoms with E-state index < -0.39 is 25.0 Å². The SMILES string of the molecule is CN1CC(CC(=O)NCC(F)F)Oc2ccc(C(=O)N3CCCC3)cc21. The van der Waals surface area contributed by atoms with Crippen LogP contribution in [-0.2, 0) is 4.79 Å². The van der Waals surface area contributed by atoms with Crippen LogP contribution in [0.15, 0.2) is 18.2 Å². The fourth-order valence-corrected chi connectivity index (χ4v) is 3.35. The Bertz CT molecular complexity index is 678. The maximum atomic E-state index is 12.5. The molecular formula is C18H23F2N3O3. The minimum Gasteiger partial charge on any atom is -0.486 e. The summed E-state index contributed by atoms with van der Waals surface area (Å²) in [4.78, 5) is 28.0. The zero-order valence-electron chi connectivity index (χ0n) is 14.7. The number of fused-ring (bicyclic) bond motifs is 1. The molecule has 0 bridgehead atoms. The Morgan fingerprint density at radius 1 is 1.31 bits per heavy atom. The van der Waals surface area contributed by atoms with E-state index in [1.807, 2.05) is 22.9 Å². The van der Waals surface area contributed by atoms with E-state index in [2.05, 4.69) is 5.32 Å². The van der Waals surface area contributed by atoms with Crippen LogP contribution >= 0.6 is 0 Å². The van der Waals surface area contributed by atoms with Gasteiger partial charge in [0.25, 0.3) is 12.3 Å². The Hall–Kier alpha value is -2.38. The van der Waals surface area contributed by atoms with Crippen LogP contribution in [0.4, 0.5) is 14.5 Å². The first-order chi connectivity index (χ1) is 12.4. The van der Waals surface area contributed by atoms with Crippen LogP contribution in [0.2, 0.25) is 0 Å². The lowest BCUT2D eigenvalue weighted by molar-refractivity contribution is -0.123. The zero-order valence-corrected chi connectivity index (χ0v) is 14.7. The van der Waals surface area contributed by atoms with Gasteiger partial charge in [-0.15, -0.1) is 0 Å². The summed E-state index contributed by atoms with van der Waals surface area (Å²) >= 11 is 0. The van der Waals surface area contributed by atoms with Gasteiger partial charge in [0.15, 0.2) is 0 Å². The number of anilines is 1. The first kappa shape index (κ1) is 18.4. The molecule has 1 aromatic rings. The number of rotatable bonds is 5. The van der Waals surface area contributed by atoms with Crippen molar-refractivity contribution in [1.82, 2.24) is 10.2 Å². The van der Waals surface area contributed by atoms with Gasteiger partial charge in [-0.3, -0.25) is 9.59 Å². The average molecular weight is 367 g/mol. The van der Waals surface area contributed by atoms with Crippen molar-refractivity contribution in [3.63, 3.8) is 0 Å². The number of hydrogen-bond acceptors (Lipinski definition) is 4. The van der Waals surface area contributed by atoms with Crippen molar-refractivity contribution in [3.05, 3.63) is 23.8 Å². The molecule has 1 unspecified atom stereocenters. The van der Waals surface area contributed by atoms with E-state index in [-0.39, 0.29) is 12.3 Å². The molecular weight excluding hydrogens is 344 g/mol. The maximum absolute atomic E-state index is 12.5. The molecule has 1 atom stereocenters. The van der Waals surface area contributed by atoms with Crippen molar-refractivity contribution in [2.45, 2.75) is 31.8 Å². The molecule has 26 heavy (non-hydrogen) atoms. The highest BCUT2D eigenvalue weighted by atomic mass is 19.3. The minimum absolute atomic E-state index is 0.00492. The smallest absolute Gasteiger partial charge is 0.255 e. The topological polar surface area (TPSA) is 61.9 Å². The highest BCUT2D eigenvalue weighted by Gasteiger charge is 2.27. The Balaban J connectivity index is 1.65. The number of nitrogens with zero attached hydrogens (tertiary/aromatic N) is 2. The number of alkyl halides is 2. The molecule has 6 nitrogen and oxygen atoms in total. The standard InChI is InChI=1S/C18H23F2N3O3/c1-22-11-13(9-17(24)21-10-16(19)20)26-15-5-4-12(8-14(15)22)18(25)23-6-2-3-7-23/h4-5,8,13,16H,2-3,6-7,9-11H2,1H3,(H,21,24). The Morgan fingerprint density at radius 2 is 2.04 bits per heavy atom. The molecule has 0 aromatic heterocycles. The average Bonchev–Trinajstić information content (AvgIpc) is 3.14. The summed E-state index contributed by atoms with van der Waals surface area (Å²) in [5, 5.41) is 2.19. The van der Waals surface area contributed by atoms with E-state index in [4.69, 9.17) is 4.74 Å². The molecule has 1 aromatic carbocycles. The van der Waals surface area contributed by atoms with E-state index in [0.717, 1.165) is 31.6 Å². The highest BCUT2D eigenvalue weighted by molar-refractivity contribution is 5.96. The van der Waals surface area contributed by atoms with E-state index in [1.54, 1.807) is 12.1 Å². The van der Waals surface area contributed by atoms with Crippen molar-refractivity contribution in [2.75, 3.05) is 38.1 Å².